The molecule has 4 heteroatoms. The number of anilines is 1. The van der Waals surface area contributed by atoms with Crippen molar-refractivity contribution < 1.29 is 9.90 Å². The van der Waals surface area contributed by atoms with E-state index in [1.54, 1.807) is 18.3 Å². The van der Waals surface area contributed by atoms with Gasteiger partial charge in [0.1, 0.15) is 5.82 Å². The van der Waals surface area contributed by atoms with Crippen LogP contribution in [0.4, 0.5) is 5.82 Å². The van der Waals surface area contributed by atoms with Crippen LogP contribution in [0.1, 0.15) is 36.5 Å². The Bertz CT molecular complexity index is 404. The van der Waals surface area contributed by atoms with E-state index in [0.717, 1.165) is 38.0 Å². The van der Waals surface area contributed by atoms with Crippen LogP contribution in [0, 0.1) is 0 Å². The van der Waals surface area contributed by atoms with Crippen LogP contribution < -0.4 is 4.90 Å². The van der Waals surface area contributed by atoms with Crippen molar-refractivity contribution >= 4 is 12.1 Å². The Labute approximate surface area is 101 Å². The first-order valence-electron chi connectivity index (χ1n) is 6.00. The predicted octanol–water partition coefficient (Wildman–Crippen LogP) is 1.64. The van der Waals surface area contributed by atoms with Gasteiger partial charge < -0.3 is 10.0 Å². The number of nitrogens with zero attached hydrogens (tertiary/aromatic N) is 2. The first kappa shape index (κ1) is 12.0. The lowest BCUT2D eigenvalue weighted by Crippen LogP contribution is -2.29. The van der Waals surface area contributed by atoms with Crippen LogP contribution in [0.3, 0.4) is 0 Å². The first-order valence-corrected chi connectivity index (χ1v) is 6.00. The third-order valence-electron chi connectivity index (χ3n) is 3.31. The number of carbonyl (C=O) groups is 1. The van der Waals surface area contributed by atoms with E-state index in [1.165, 1.54) is 0 Å². The molecular weight excluding hydrogens is 216 g/mol. The molecule has 1 fully saturated rings. The van der Waals surface area contributed by atoms with Crippen molar-refractivity contribution in [2.24, 2.45) is 0 Å². The summed E-state index contributed by atoms with van der Waals surface area (Å²) in [7, 11) is 0. The standard InChI is InChI=1S/C13H18N2O2/c1-13(17)5-3-8-15(9-6-13)12-11(10-16)4-2-7-14-12/h2,4,7,10,17H,3,5-6,8-9H2,1H3. The van der Waals surface area contributed by atoms with E-state index in [0.29, 0.717) is 12.0 Å². The highest BCUT2D eigenvalue weighted by Gasteiger charge is 2.26. The van der Waals surface area contributed by atoms with Gasteiger partial charge in [0.05, 0.1) is 11.2 Å². The van der Waals surface area contributed by atoms with Crippen molar-refractivity contribution in [1.82, 2.24) is 4.98 Å². The summed E-state index contributed by atoms with van der Waals surface area (Å²) in [6.45, 7) is 3.45. The van der Waals surface area contributed by atoms with Crippen LogP contribution in [0.2, 0.25) is 0 Å². The second-order valence-corrected chi connectivity index (χ2v) is 4.87. The van der Waals surface area contributed by atoms with E-state index in [1.807, 2.05) is 6.92 Å². The van der Waals surface area contributed by atoms with E-state index in [9.17, 15) is 9.90 Å². The van der Waals surface area contributed by atoms with E-state index < -0.39 is 5.60 Å². The molecule has 1 atom stereocenters. The Morgan fingerprint density at radius 1 is 1.47 bits per heavy atom. The van der Waals surface area contributed by atoms with Gasteiger partial charge in [-0.3, -0.25) is 4.79 Å². The fraction of sp³-hybridized carbons (Fsp3) is 0.538. The lowest BCUT2D eigenvalue weighted by atomic mass is 9.98. The maximum absolute atomic E-state index is 11.0. The van der Waals surface area contributed by atoms with Gasteiger partial charge in [-0.2, -0.15) is 0 Å². The molecule has 0 bridgehead atoms. The average Bonchev–Trinajstić information content (AvgIpc) is 2.50. The third-order valence-corrected chi connectivity index (χ3v) is 3.31. The van der Waals surface area contributed by atoms with Crippen molar-refractivity contribution in [3.8, 4) is 0 Å². The Balaban J connectivity index is 2.19. The Hall–Kier alpha value is -1.42. The van der Waals surface area contributed by atoms with E-state index in [4.69, 9.17) is 0 Å². The molecule has 0 aliphatic carbocycles. The average molecular weight is 234 g/mol. The summed E-state index contributed by atoms with van der Waals surface area (Å²) in [5.41, 5.74) is 0.0271. The molecule has 1 N–H and O–H groups in total. The summed E-state index contributed by atoms with van der Waals surface area (Å²) in [6.07, 6.45) is 4.97. The molecule has 17 heavy (non-hydrogen) atoms. The van der Waals surface area contributed by atoms with Crippen LogP contribution in [-0.2, 0) is 0 Å². The molecule has 0 amide bonds. The summed E-state index contributed by atoms with van der Waals surface area (Å²) in [5.74, 6) is 0.736. The van der Waals surface area contributed by atoms with Gasteiger partial charge in [0.15, 0.2) is 6.29 Å². The highest BCUT2D eigenvalue weighted by atomic mass is 16.3. The predicted molar refractivity (Wildman–Crippen MR) is 66.3 cm³/mol. The molecule has 1 unspecified atom stereocenters. The molecule has 1 aromatic rings. The topological polar surface area (TPSA) is 53.4 Å². The minimum Gasteiger partial charge on any atom is -0.390 e. The summed E-state index contributed by atoms with van der Waals surface area (Å²) < 4.78 is 0. The number of carbonyl (C=O) groups excluding carboxylic acids is 1. The van der Waals surface area contributed by atoms with Gasteiger partial charge in [0.2, 0.25) is 0 Å². The Kier molecular flexibility index (Phi) is 3.43. The van der Waals surface area contributed by atoms with Crippen molar-refractivity contribution in [3.05, 3.63) is 23.9 Å². The molecule has 1 aliphatic heterocycles. The maximum atomic E-state index is 11.0. The fourth-order valence-corrected chi connectivity index (χ4v) is 2.24. The van der Waals surface area contributed by atoms with Crippen LogP contribution >= 0.6 is 0 Å². The van der Waals surface area contributed by atoms with Crippen LogP contribution in [0.25, 0.3) is 0 Å². The molecule has 0 spiro atoms. The zero-order chi connectivity index (χ0) is 12.3. The monoisotopic (exact) mass is 234 g/mol. The highest BCUT2D eigenvalue weighted by Crippen LogP contribution is 2.25. The molecule has 1 saturated heterocycles. The SMILES string of the molecule is CC1(O)CCCN(c2ncccc2C=O)CC1. The van der Waals surface area contributed by atoms with Crippen LogP contribution in [0.5, 0.6) is 0 Å². The molecule has 1 aromatic heterocycles. The highest BCUT2D eigenvalue weighted by molar-refractivity contribution is 5.82. The quantitative estimate of drug-likeness (QED) is 0.790. The molecule has 2 rings (SSSR count). The smallest absolute Gasteiger partial charge is 0.153 e. The summed E-state index contributed by atoms with van der Waals surface area (Å²) in [6, 6.07) is 3.54. The second kappa shape index (κ2) is 4.84. The maximum Gasteiger partial charge on any atom is 0.153 e. The summed E-state index contributed by atoms with van der Waals surface area (Å²) in [5, 5.41) is 10.0. The van der Waals surface area contributed by atoms with Crippen molar-refractivity contribution in [2.45, 2.75) is 31.8 Å². The van der Waals surface area contributed by atoms with Gasteiger partial charge in [0.25, 0.3) is 0 Å². The number of rotatable bonds is 2. The largest absolute Gasteiger partial charge is 0.390 e. The minimum atomic E-state index is -0.592. The summed E-state index contributed by atoms with van der Waals surface area (Å²) >= 11 is 0. The Morgan fingerprint density at radius 2 is 2.29 bits per heavy atom. The molecular formula is C13H18N2O2. The number of aldehydes is 1. The normalized spacial score (nSPS) is 25.4. The van der Waals surface area contributed by atoms with Gasteiger partial charge in [-0.05, 0) is 38.3 Å². The van der Waals surface area contributed by atoms with Gasteiger partial charge in [-0.25, -0.2) is 4.98 Å². The second-order valence-electron chi connectivity index (χ2n) is 4.87. The molecule has 0 saturated carbocycles. The zero-order valence-corrected chi connectivity index (χ0v) is 10.1. The molecule has 1 aliphatic rings. The molecule has 0 radical (unpaired) electrons. The van der Waals surface area contributed by atoms with Crippen LogP contribution in [0.15, 0.2) is 18.3 Å². The van der Waals surface area contributed by atoms with E-state index in [-0.39, 0.29) is 0 Å². The van der Waals surface area contributed by atoms with Gasteiger partial charge in [0, 0.05) is 19.3 Å². The van der Waals surface area contributed by atoms with Crippen molar-refractivity contribution in [3.63, 3.8) is 0 Å². The van der Waals surface area contributed by atoms with E-state index >= 15 is 0 Å². The number of aliphatic hydroxyl groups is 1. The molecule has 2 heterocycles. The molecule has 4 nitrogen and oxygen atoms in total. The lowest BCUT2D eigenvalue weighted by molar-refractivity contribution is 0.0481. The number of aromatic nitrogens is 1. The van der Waals surface area contributed by atoms with E-state index in [2.05, 4.69) is 9.88 Å². The Morgan fingerprint density at radius 3 is 3.06 bits per heavy atom. The van der Waals surface area contributed by atoms with Crippen LogP contribution in [-0.4, -0.2) is 35.1 Å². The minimum absolute atomic E-state index is 0.592. The van der Waals surface area contributed by atoms with Gasteiger partial charge in [-0.1, -0.05) is 0 Å². The van der Waals surface area contributed by atoms with Gasteiger partial charge >= 0.3 is 0 Å². The van der Waals surface area contributed by atoms with Crippen molar-refractivity contribution in [2.75, 3.05) is 18.0 Å². The summed E-state index contributed by atoms with van der Waals surface area (Å²) in [4.78, 5) is 17.3. The number of hydrogen-bond acceptors (Lipinski definition) is 4. The number of hydrogen-bond donors (Lipinski definition) is 1. The fourth-order valence-electron chi connectivity index (χ4n) is 2.24. The number of pyridine rings is 1. The first-order chi connectivity index (χ1) is 8.12. The third kappa shape index (κ3) is 2.82. The van der Waals surface area contributed by atoms with Gasteiger partial charge in [-0.15, -0.1) is 0 Å². The van der Waals surface area contributed by atoms with Crippen molar-refractivity contribution in [1.29, 1.82) is 0 Å². The molecule has 0 aromatic carbocycles. The lowest BCUT2D eigenvalue weighted by Gasteiger charge is -2.24. The molecule has 92 valence electrons. The zero-order valence-electron chi connectivity index (χ0n) is 10.1.